The molecular weight excluding hydrogens is 360 g/mol. The van der Waals surface area contributed by atoms with E-state index in [0.29, 0.717) is 0 Å². The summed E-state index contributed by atoms with van der Waals surface area (Å²) in [5, 5.41) is 0. The molecule has 0 amide bonds. The molecule has 5 heteroatoms. The lowest BCUT2D eigenvalue weighted by atomic mass is 9.86. The van der Waals surface area contributed by atoms with E-state index in [9.17, 15) is 4.79 Å². The molecule has 0 saturated heterocycles. The topological polar surface area (TPSA) is 51.0 Å². The Morgan fingerprint density at radius 1 is 1.00 bits per heavy atom. The van der Waals surface area contributed by atoms with Gasteiger partial charge in [-0.25, -0.2) is 4.98 Å². The molecule has 1 aliphatic heterocycles. The first-order valence-electron chi connectivity index (χ1n) is 10.5. The maximum Gasteiger partial charge on any atom is 0.255 e. The number of hydrogen-bond donors (Lipinski definition) is 0. The minimum Gasteiger partial charge on any atom is -0.330 e. The van der Waals surface area contributed by atoms with Crippen molar-refractivity contribution in [2.45, 2.75) is 57.2 Å². The van der Waals surface area contributed by atoms with Crippen LogP contribution in [0.5, 0.6) is 0 Å². The maximum absolute atomic E-state index is 13.0. The largest absolute Gasteiger partial charge is 0.330 e. The number of pyridine rings is 1. The van der Waals surface area contributed by atoms with E-state index in [2.05, 4.69) is 47.1 Å². The van der Waals surface area contributed by atoms with E-state index >= 15 is 0 Å². The Labute approximate surface area is 171 Å². The highest BCUT2D eigenvalue weighted by atomic mass is 16.1. The number of benzene rings is 1. The number of fused-ring (bicyclic) bond motifs is 1. The lowest BCUT2D eigenvalue weighted by Gasteiger charge is -2.49. The predicted molar refractivity (Wildman–Crippen MR) is 115 cm³/mol. The Morgan fingerprint density at radius 3 is 2.45 bits per heavy atom. The Morgan fingerprint density at radius 2 is 1.72 bits per heavy atom. The zero-order chi connectivity index (χ0) is 19.8. The van der Waals surface area contributed by atoms with E-state index < -0.39 is 0 Å². The van der Waals surface area contributed by atoms with Crippen LogP contribution in [0.3, 0.4) is 0 Å². The van der Waals surface area contributed by atoms with Gasteiger partial charge in [0.1, 0.15) is 0 Å². The number of rotatable bonds is 3. The normalized spacial score (nSPS) is 18.6. The number of hydrogen-bond acceptors (Lipinski definition) is 4. The van der Waals surface area contributed by atoms with Gasteiger partial charge in [-0.2, -0.15) is 0 Å². The Kier molecular flexibility index (Phi) is 4.46. The van der Waals surface area contributed by atoms with Gasteiger partial charge in [-0.15, -0.1) is 0 Å². The van der Waals surface area contributed by atoms with Gasteiger partial charge >= 0.3 is 0 Å². The molecule has 2 aliphatic rings. The van der Waals surface area contributed by atoms with Gasteiger partial charge in [0.2, 0.25) is 5.95 Å². The fourth-order valence-electron chi connectivity index (χ4n) is 5.20. The highest BCUT2D eigenvalue weighted by molar-refractivity contribution is 5.60. The summed E-state index contributed by atoms with van der Waals surface area (Å²) in [5.74, 6) is 0.814. The third-order valence-corrected chi connectivity index (χ3v) is 6.69. The van der Waals surface area contributed by atoms with E-state index in [4.69, 9.17) is 4.98 Å². The van der Waals surface area contributed by atoms with E-state index in [0.717, 1.165) is 30.2 Å². The van der Waals surface area contributed by atoms with Crippen molar-refractivity contribution in [3.05, 3.63) is 76.8 Å². The summed E-state index contributed by atoms with van der Waals surface area (Å²) in [6.45, 7) is 2.99. The molecule has 148 valence electrons. The summed E-state index contributed by atoms with van der Waals surface area (Å²) >= 11 is 0. The van der Waals surface area contributed by atoms with Crippen molar-refractivity contribution in [1.82, 2.24) is 14.5 Å². The van der Waals surface area contributed by atoms with Crippen molar-refractivity contribution in [3.63, 3.8) is 0 Å². The zero-order valence-corrected chi connectivity index (χ0v) is 16.8. The molecule has 2 aromatic heterocycles. The molecule has 0 radical (unpaired) electrons. The standard InChI is InChI=1S/C24H26N4O/c1-18(19-7-3-2-4-8-19)28-23-26-21(20-9-14-25-15-10-20)17-22(29)27(23)16-13-24(28)11-5-6-12-24/h2-4,7-10,14-15,17-18H,5-6,11-13,16H2,1H3. The third kappa shape index (κ3) is 3.05. The summed E-state index contributed by atoms with van der Waals surface area (Å²) in [7, 11) is 0. The van der Waals surface area contributed by atoms with Crippen molar-refractivity contribution in [1.29, 1.82) is 0 Å². The van der Waals surface area contributed by atoms with Gasteiger partial charge in [0, 0.05) is 36.1 Å². The molecule has 5 rings (SSSR count). The highest BCUT2D eigenvalue weighted by Crippen LogP contribution is 2.47. The van der Waals surface area contributed by atoms with Crippen LogP contribution in [0, 0.1) is 0 Å². The summed E-state index contributed by atoms with van der Waals surface area (Å²) in [6.07, 6.45) is 9.32. The second-order valence-corrected chi connectivity index (χ2v) is 8.31. The molecule has 1 atom stereocenters. The van der Waals surface area contributed by atoms with Crippen LogP contribution in [0.1, 0.15) is 50.6 Å². The van der Waals surface area contributed by atoms with Crippen LogP contribution < -0.4 is 10.5 Å². The smallest absolute Gasteiger partial charge is 0.255 e. The van der Waals surface area contributed by atoms with E-state index in [-0.39, 0.29) is 17.1 Å². The first-order valence-corrected chi connectivity index (χ1v) is 10.5. The summed E-state index contributed by atoms with van der Waals surface area (Å²) in [6, 6.07) is 16.2. The predicted octanol–water partition coefficient (Wildman–Crippen LogP) is 4.59. The molecule has 3 heterocycles. The second kappa shape index (κ2) is 7.14. The van der Waals surface area contributed by atoms with Gasteiger partial charge < -0.3 is 4.90 Å². The third-order valence-electron chi connectivity index (χ3n) is 6.69. The molecule has 1 fully saturated rings. The molecule has 0 N–H and O–H groups in total. The first kappa shape index (κ1) is 18.1. The quantitative estimate of drug-likeness (QED) is 0.661. The van der Waals surface area contributed by atoms with Gasteiger partial charge in [-0.3, -0.25) is 14.3 Å². The Bertz CT molecular complexity index is 1060. The zero-order valence-electron chi connectivity index (χ0n) is 16.8. The second-order valence-electron chi connectivity index (χ2n) is 8.31. The fourth-order valence-corrected chi connectivity index (χ4v) is 5.20. The van der Waals surface area contributed by atoms with Crippen LogP contribution in [-0.2, 0) is 6.54 Å². The molecule has 1 aliphatic carbocycles. The molecule has 0 bridgehead atoms. The Balaban J connectivity index is 1.69. The number of nitrogens with zero attached hydrogens (tertiary/aromatic N) is 4. The summed E-state index contributed by atoms with van der Waals surface area (Å²) in [5.41, 5.74) is 3.03. The lowest BCUT2D eigenvalue weighted by molar-refractivity contribution is 0.283. The fraction of sp³-hybridized carbons (Fsp3) is 0.375. The molecule has 29 heavy (non-hydrogen) atoms. The van der Waals surface area contributed by atoms with Crippen molar-refractivity contribution < 1.29 is 0 Å². The monoisotopic (exact) mass is 386 g/mol. The molecule has 1 unspecified atom stereocenters. The number of anilines is 1. The van der Waals surface area contributed by atoms with Crippen LogP contribution in [0.2, 0.25) is 0 Å². The highest BCUT2D eigenvalue weighted by Gasteiger charge is 2.46. The molecule has 1 saturated carbocycles. The van der Waals surface area contributed by atoms with E-state index in [1.54, 1.807) is 18.5 Å². The van der Waals surface area contributed by atoms with Crippen molar-refractivity contribution in [2.24, 2.45) is 0 Å². The summed E-state index contributed by atoms with van der Waals surface area (Å²) < 4.78 is 1.87. The van der Waals surface area contributed by atoms with Gasteiger partial charge in [0.25, 0.3) is 5.56 Å². The van der Waals surface area contributed by atoms with Crippen LogP contribution in [0.4, 0.5) is 5.95 Å². The van der Waals surface area contributed by atoms with Crippen molar-refractivity contribution >= 4 is 5.95 Å². The first-order chi connectivity index (χ1) is 14.2. The molecule has 3 aromatic rings. The van der Waals surface area contributed by atoms with Crippen LogP contribution >= 0.6 is 0 Å². The minimum absolute atomic E-state index is 0.0277. The lowest BCUT2D eigenvalue weighted by Crippen LogP contribution is -2.54. The minimum atomic E-state index is 0.0277. The van der Waals surface area contributed by atoms with Gasteiger partial charge in [-0.1, -0.05) is 43.2 Å². The SMILES string of the molecule is CC(c1ccccc1)N1c2nc(-c3ccncc3)cc(=O)n2CCC12CCCC2. The van der Waals surface area contributed by atoms with Gasteiger partial charge in [0.15, 0.2) is 0 Å². The number of aromatic nitrogens is 3. The van der Waals surface area contributed by atoms with Crippen molar-refractivity contribution in [3.8, 4) is 11.3 Å². The van der Waals surface area contributed by atoms with Crippen LogP contribution in [0.25, 0.3) is 11.3 Å². The molecular formula is C24H26N4O. The Hall–Kier alpha value is -2.95. The van der Waals surface area contributed by atoms with E-state index in [1.165, 1.54) is 31.2 Å². The summed E-state index contributed by atoms with van der Waals surface area (Å²) in [4.78, 5) is 24.7. The van der Waals surface area contributed by atoms with Crippen LogP contribution in [-0.4, -0.2) is 20.1 Å². The molecule has 1 aromatic carbocycles. The van der Waals surface area contributed by atoms with Gasteiger partial charge in [0.05, 0.1) is 11.7 Å². The maximum atomic E-state index is 13.0. The average molecular weight is 386 g/mol. The molecule has 5 nitrogen and oxygen atoms in total. The van der Waals surface area contributed by atoms with Crippen molar-refractivity contribution in [2.75, 3.05) is 4.90 Å². The average Bonchev–Trinajstić information content (AvgIpc) is 3.23. The van der Waals surface area contributed by atoms with E-state index in [1.807, 2.05) is 16.7 Å². The van der Waals surface area contributed by atoms with Gasteiger partial charge in [-0.05, 0) is 43.9 Å². The molecule has 1 spiro atoms. The van der Waals surface area contributed by atoms with Crippen LogP contribution in [0.15, 0.2) is 65.7 Å².